The lowest BCUT2D eigenvalue weighted by Crippen LogP contribution is -2.61. The number of nitrogens with one attached hydrogen (secondary N) is 1. The van der Waals surface area contributed by atoms with E-state index in [9.17, 15) is 14.4 Å². The van der Waals surface area contributed by atoms with Gasteiger partial charge in [-0.1, -0.05) is 25.0 Å². The summed E-state index contributed by atoms with van der Waals surface area (Å²) < 4.78 is 22.5. The summed E-state index contributed by atoms with van der Waals surface area (Å²) in [5.74, 6) is -0.233. The number of rotatable bonds is 9. The van der Waals surface area contributed by atoms with Crippen LogP contribution in [0.2, 0.25) is 0 Å². The number of para-hydroxylation sites is 2. The normalized spacial score (nSPS) is 15.8. The first-order valence-electron chi connectivity index (χ1n) is 12.4. The van der Waals surface area contributed by atoms with Crippen LogP contribution in [0.15, 0.2) is 36.4 Å². The number of ether oxygens (including phenoxy) is 4. The van der Waals surface area contributed by atoms with Crippen molar-refractivity contribution in [3.05, 3.63) is 42.0 Å². The Morgan fingerprint density at radius 3 is 2.17 bits per heavy atom. The van der Waals surface area contributed by atoms with E-state index in [-0.39, 0.29) is 11.5 Å². The third kappa shape index (κ3) is 4.69. The topological polar surface area (TPSA) is 103 Å². The van der Waals surface area contributed by atoms with Crippen LogP contribution in [0.4, 0.5) is 11.4 Å². The lowest BCUT2D eigenvalue weighted by Gasteiger charge is -2.44. The second-order valence-electron chi connectivity index (χ2n) is 8.62. The highest BCUT2D eigenvalue weighted by atomic mass is 16.5. The van der Waals surface area contributed by atoms with Gasteiger partial charge in [-0.2, -0.15) is 0 Å². The Labute approximate surface area is 210 Å². The van der Waals surface area contributed by atoms with Crippen molar-refractivity contribution in [3.63, 3.8) is 0 Å². The molecule has 192 valence electrons. The fourth-order valence-electron chi connectivity index (χ4n) is 4.91. The van der Waals surface area contributed by atoms with Crippen LogP contribution in [0.25, 0.3) is 0 Å². The Kier molecular flexibility index (Phi) is 7.67. The van der Waals surface area contributed by atoms with Gasteiger partial charge in [-0.3, -0.25) is 14.5 Å². The SMILES string of the molecule is CCOc1cc(C(=O)OCC(=O)N2c3ccccc3NC(=O)C23CCCC3)cc(OCC)c1OCC. The first kappa shape index (κ1) is 25.3. The van der Waals surface area contributed by atoms with Gasteiger partial charge in [0.15, 0.2) is 18.1 Å². The third-order valence-electron chi connectivity index (χ3n) is 6.40. The lowest BCUT2D eigenvalue weighted by molar-refractivity contribution is -0.129. The molecule has 0 atom stereocenters. The number of benzene rings is 2. The molecule has 1 aliphatic heterocycles. The van der Waals surface area contributed by atoms with E-state index in [1.807, 2.05) is 26.8 Å². The molecule has 2 aromatic rings. The molecule has 1 spiro atoms. The summed E-state index contributed by atoms with van der Waals surface area (Å²) in [7, 11) is 0. The van der Waals surface area contributed by atoms with Crippen molar-refractivity contribution >= 4 is 29.2 Å². The summed E-state index contributed by atoms with van der Waals surface area (Å²) in [4.78, 5) is 41.1. The van der Waals surface area contributed by atoms with Crippen LogP contribution in [0.3, 0.4) is 0 Å². The molecule has 9 nitrogen and oxygen atoms in total. The Bertz CT molecular complexity index is 1110. The maximum absolute atomic E-state index is 13.5. The second kappa shape index (κ2) is 10.9. The summed E-state index contributed by atoms with van der Waals surface area (Å²) >= 11 is 0. The minimum atomic E-state index is -0.971. The van der Waals surface area contributed by atoms with Gasteiger partial charge < -0.3 is 24.3 Å². The third-order valence-corrected chi connectivity index (χ3v) is 6.40. The van der Waals surface area contributed by atoms with Gasteiger partial charge in [0.2, 0.25) is 5.75 Å². The molecule has 2 aliphatic rings. The number of esters is 1. The standard InChI is InChI=1S/C27H32N2O7/c1-4-33-21-15-18(16-22(34-5-2)24(21)35-6-3)25(31)36-17-23(30)29-20-12-8-7-11-19(20)28-26(32)27(29)13-9-10-14-27/h7-8,11-12,15-16H,4-6,9-10,13-14,17H2,1-3H3,(H,28,32). The summed E-state index contributed by atoms with van der Waals surface area (Å²) in [6, 6.07) is 10.2. The second-order valence-corrected chi connectivity index (χ2v) is 8.62. The molecular formula is C27H32N2O7. The number of amides is 2. The number of anilines is 2. The first-order valence-corrected chi connectivity index (χ1v) is 12.4. The molecule has 2 amide bonds. The Balaban J connectivity index is 1.58. The van der Waals surface area contributed by atoms with E-state index in [0.717, 1.165) is 12.8 Å². The molecule has 1 heterocycles. The molecule has 1 N–H and O–H groups in total. The van der Waals surface area contributed by atoms with E-state index < -0.39 is 24.0 Å². The monoisotopic (exact) mass is 496 g/mol. The predicted octanol–water partition coefficient (Wildman–Crippen LogP) is 4.34. The van der Waals surface area contributed by atoms with Crippen molar-refractivity contribution in [1.82, 2.24) is 0 Å². The molecule has 0 saturated heterocycles. The van der Waals surface area contributed by atoms with Gasteiger partial charge in [0.05, 0.1) is 36.8 Å². The largest absolute Gasteiger partial charge is 0.490 e. The number of hydrogen-bond donors (Lipinski definition) is 1. The minimum absolute atomic E-state index is 0.172. The Morgan fingerprint density at radius 1 is 0.944 bits per heavy atom. The molecule has 0 aromatic heterocycles. The molecule has 1 aliphatic carbocycles. The highest BCUT2D eigenvalue weighted by Gasteiger charge is 2.52. The van der Waals surface area contributed by atoms with Gasteiger partial charge in [0, 0.05) is 0 Å². The van der Waals surface area contributed by atoms with E-state index in [2.05, 4.69) is 5.32 Å². The quantitative estimate of drug-likeness (QED) is 0.515. The molecular weight excluding hydrogens is 464 g/mol. The predicted molar refractivity (Wildman–Crippen MR) is 134 cm³/mol. The number of hydrogen-bond acceptors (Lipinski definition) is 7. The van der Waals surface area contributed by atoms with Crippen molar-refractivity contribution in [1.29, 1.82) is 0 Å². The average Bonchev–Trinajstić information content (AvgIpc) is 3.35. The van der Waals surface area contributed by atoms with Crippen LogP contribution in [-0.2, 0) is 14.3 Å². The number of carbonyl (C=O) groups excluding carboxylic acids is 3. The van der Waals surface area contributed by atoms with Crippen molar-refractivity contribution in [2.45, 2.75) is 52.0 Å². The zero-order chi connectivity index (χ0) is 25.7. The summed E-state index contributed by atoms with van der Waals surface area (Å²) in [6.45, 7) is 6.10. The van der Waals surface area contributed by atoms with Crippen LogP contribution >= 0.6 is 0 Å². The lowest BCUT2D eigenvalue weighted by atomic mass is 9.90. The average molecular weight is 497 g/mol. The summed E-state index contributed by atoms with van der Waals surface area (Å²) in [6.07, 6.45) is 2.79. The Morgan fingerprint density at radius 2 is 1.56 bits per heavy atom. The van der Waals surface area contributed by atoms with Crippen molar-refractivity contribution in [2.24, 2.45) is 0 Å². The molecule has 4 rings (SSSR count). The van der Waals surface area contributed by atoms with Crippen molar-refractivity contribution in [3.8, 4) is 17.2 Å². The van der Waals surface area contributed by atoms with Gasteiger partial charge in [-0.05, 0) is 57.9 Å². The van der Waals surface area contributed by atoms with Crippen molar-refractivity contribution in [2.75, 3.05) is 36.6 Å². The molecule has 2 aromatic carbocycles. The van der Waals surface area contributed by atoms with Crippen LogP contribution in [-0.4, -0.2) is 49.8 Å². The maximum atomic E-state index is 13.5. The van der Waals surface area contributed by atoms with Gasteiger partial charge in [0.1, 0.15) is 5.54 Å². The first-order chi connectivity index (χ1) is 17.4. The zero-order valence-electron chi connectivity index (χ0n) is 20.9. The van der Waals surface area contributed by atoms with Gasteiger partial charge in [0.25, 0.3) is 11.8 Å². The van der Waals surface area contributed by atoms with Crippen LogP contribution < -0.4 is 24.4 Å². The Hall–Kier alpha value is -3.75. The van der Waals surface area contributed by atoms with Crippen molar-refractivity contribution < 1.29 is 33.3 Å². The van der Waals surface area contributed by atoms with E-state index in [0.29, 0.717) is 61.3 Å². The van der Waals surface area contributed by atoms with E-state index in [1.165, 1.54) is 17.0 Å². The number of nitrogens with zero attached hydrogens (tertiary/aromatic N) is 1. The molecule has 0 radical (unpaired) electrons. The van der Waals surface area contributed by atoms with E-state index >= 15 is 0 Å². The molecule has 1 saturated carbocycles. The molecule has 0 bridgehead atoms. The van der Waals surface area contributed by atoms with Gasteiger partial charge in [-0.25, -0.2) is 4.79 Å². The number of fused-ring (bicyclic) bond motifs is 1. The molecule has 36 heavy (non-hydrogen) atoms. The molecule has 9 heteroatoms. The highest BCUT2D eigenvalue weighted by Crippen LogP contribution is 2.45. The van der Waals surface area contributed by atoms with Crippen LogP contribution in [0, 0.1) is 0 Å². The van der Waals surface area contributed by atoms with E-state index in [4.69, 9.17) is 18.9 Å². The smallest absolute Gasteiger partial charge is 0.338 e. The van der Waals surface area contributed by atoms with Crippen LogP contribution in [0.5, 0.6) is 17.2 Å². The minimum Gasteiger partial charge on any atom is -0.490 e. The van der Waals surface area contributed by atoms with Gasteiger partial charge in [-0.15, -0.1) is 0 Å². The zero-order valence-corrected chi connectivity index (χ0v) is 20.9. The summed E-state index contributed by atoms with van der Waals surface area (Å²) in [5, 5.41) is 2.94. The fourth-order valence-corrected chi connectivity index (χ4v) is 4.91. The molecule has 1 fully saturated rings. The highest BCUT2D eigenvalue weighted by molar-refractivity contribution is 6.15. The number of carbonyl (C=O) groups is 3. The van der Waals surface area contributed by atoms with Crippen LogP contribution in [0.1, 0.15) is 56.8 Å². The molecule has 0 unspecified atom stereocenters. The van der Waals surface area contributed by atoms with E-state index in [1.54, 1.807) is 18.2 Å². The maximum Gasteiger partial charge on any atom is 0.338 e. The van der Waals surface area contributed by atoms with Gasteiger partial charge >= 0.3 is 5.97 Å². The summed E-state index contributed by atoms with van der Waals surface area (Å²) in [5.41, 5.74) is 0.374. The fraction of sp³-hybridized carbons (Fsp3) is 0.444.